The lowest BCUT2D eigenvalue weighted by atomic mass is 10.0. The van der Waals surface area contributed by atoms with Gasteiger partial charge in [0, 0.05) is 12.1 Å². The largest absolute Gasteiger partial charge is 0.492 e. The first kappa shape index (κ1) is 14.6. The molecular formula is C16H18IN3O. The van der Waals surface area contributed by atoms with Gasteiger partial charge in [-0.05, 0) is 42.0 Å². The summed E-state index contributed by atoms with van der Waals surface area (Å²) in [6.07, 6.45) is 1.07. The van der Waals surface area contributed by atoms with Gasteiger partial charge in [0.1, 0.15) is 24.0 Å². The van der Waals surface area contributed by atoms with Crippen LogP contribution in [0, 0.1) is 10.5 Å². The molecule has 1 aliphatic heterocycles. The fraction of sp³-hybridized carbons (Fsp3) is 0.375. The number of aromatic nitrogens is 2. The Morgan fingerprint density at radius 2 is 2.14 bits per heavy atom. The van der Waals surface area contributed by atoms with Gasteiger partial charge in [0.15, 0.2) is 0 Å². The van der Waals surface area contributed by atoms with Crippen LogP contribution < -0.4 is 10.1 Å². The van der Waals surface area contributed by atoms with E-state index >= 15 is 0 Å². The summed E-state index contributed by atoms with van der Waals surface area (Å²) in [5, 5.41) is 3.39. The number of para-hydroxylation sites is 1. The molecule has 1 N–H and O–H groups in total. The summed E-state index contributed by atoms with van der Waals surface area (Å²) >= 11 is 2.31. The average Bonchev–Trinajstić information content (AvgIpc) is 2.92. The number of ether oxygens (including phenoxy) is 1. The Morgan fingerprint density at radius 1 is 1.33 bits per heavy atom. The van der Waals surface area contributed by atoms with Crippen molar-refractivity contribution >= 4 is 28.4 Å². The van der Waals surface area contributed by atoms with Gasteiger partial charge in [-0.2, -0.15) is 0 Å². The number of fused-ring (bicyclic) bond motifs is 1. The summed E-state index contributed by atoms with van der Waals surface area (Å²) in [7, 11) is 0. The molecule has 1 atom stereocenters. The molecule has 0 saturated heterocycles. The summed E-state index contributed by atoms with van der Waals surface area (Å²) < 4.78 is 6.85. The highest BCUT2D eigenvalue weighted by Gasteiger charge is 2.28. The highest BCUT2D eigenvalue weighted by atomic mass is 127. The van der Waals surface area contributed by atoms with Gasteiger partial charge in [0.05, 0.1) is 15.2 Å². The smallest absolute Gasteiger partial charge is 0.143 e. The molecule has 0 spiro atoms. The maximum Gasteiger partial charge on any atom is 0.143 e. The molecule has 1 unspecified atom stereocenters. The van der Waals surface area contributed by atoms with Crippen molar-refractivity contribution in [3.05, 3.63) is 44.9 Å². The second-order valence-corrected chi connectivity index (χ2v) is 6.24. The minimum Gasteiger partial charge on any atom is -0.492 e. The molecule has 3 rings (SSSR count). The number of nitrogens with one attached hydrogen (secondary N) is 1. The molecule has 0 saturated carbocycles. The predicted molar refractivity (Wildman–Crippen MR) is 92.0 cm³/mol. The van der Waals surface area contributed by atoms with E-state index in [1.165, 1.54) is 5.56 Å². The molecular weight excluding hydrogens is 377 g/mol. The fourth-order valence-electron chi connectivity index (χ4n) is 2.47. The van der Waals surface area contributed by atoms with E-state index in [9.17, 15) is 0 Å². The Kier molecular flexibility index (Phi) is 4.28. The van der Waals surface area contributed by atoms with Gasteiger partial charge in [-0.25, -0.2) is 9.97 Å². The number of hydrogen-bond acceptors (Lipinski definition) is 4. The van der Waals surface area contributed by atoms with Crippen LogP contribution in [0.4, 0.5) is 5.82 Å². The van der Waals surface area contributed by atoms with E-state index in [1.807, 2.05) is 25.1 Å². The third kappa shape index (κ3) is 2.84. The molecule has 110 valence electrons. The molecule has 2 heterocycles. The van der Waals surface area contributed by atoms with E-state index in [0.717, 1.165) is 39.6 Å². The third-order valence-electron chi connectivity index (χ3n) is 3.59. The normalized spacial score (nSPS) is 16.4. The molecule has 21 heavy (non-hydrogen) atoms. The molecule has 0 radical (unpaired) electrons. The Labute approximate surface area is 138 Å². The van der Waals surface area contributed by atoms with Crippen LogP contribution in [0.2, 0.25) is 0 Å². The first-order valence-electron chi connectivity index (χ1n) is 7.20. The van der Waals surface area contributed by atoms with Crippen LogP contribution in [0.15, 0.2) is 24.3 Å². The molecule has 0 bridgehead atoms. The number of aryl methyl sites for hydroxylation is 1. The van der Waals surface area contributed by atoms with E-state index in [2.05, 4.69) is 45.9 Å². The van der Waals surface area contributed by atoms with Crippen molar-refractivity contribution in [3.8, 4) is 5.75 Å². The lowest BCUT2D eigenvalue weighted by molar-refractivity contribution is 0.339. The molecule has 0 amide bonds. The highest BCUT2D eigenvalue weighted by molar-refractivity contribution is 14.1. The van der Waals surface area contributed by atoms with Crippen LogP contribution in [0.3, 0.4) is 0 Å². The van der Waals surface area contributed by atoms with Crippen molar-refractivity contribution in [2.75, 3.05) is 18.5 Å². The number of nitrogens with zero attached hydrogens (tertiary/aromatic N) is 2. The third-order valence-corrected chi connectivity index (χ3v) is 4.88. The van der Waals surface area contributed by atoms with Crippen molar-refractivity contribution in [2.45, 2.75) is 26.2 Å². The van der Waals surface area contributed by atoms with Gasteiger partial charge < -0.3 is 10.1 Å². The van der Waals surface area contributed by atoms with Crippen LogP contribution in [-0.2, 0) is 0 Å². The summed E-state index contributed by atoms with van der Waals surface area (Å²) in [5.74, 6) is 2.85. The zero-order valence-electron chi connectivity index (χ0n) is 12.2. The molecule has 5 heteroatoms. The van der Waals surface area contributed by atoms with Crippen LogP contribution in [0.25, 0.3) is 0 Å². The van der Waals surface area contributed by atoms with Gasteiger partial charge in [-0.1, -0.05) is 25.1 Å². The molecule has 4 nitrogen and oxygen atoms in total. The molecule has 0 fully saturated rings. The van der Waals surface area contributed by atoms with E-state index in [0.29, 0.717) is 6.61 Å². The molecule has 0 aliphatic carbocycles. The topological polar surface area (TPSA) is 47.0 Å². The molecule has 1 aromatic heterocycles. The second kappa shape index (κ2) is 6.17. The lowest BCUT2D eigenvalue weighted by Crippen LogP contribution is -2.13. The van der Waals surface area contributed by atoms with Gasteiger partial charge in [0.2, 0.25) is 0 Å². The van der Waals surface area contributed by atoms with E-state index < -0.39 is 0 Å². The van der Waals surface area contributed by atoms with E-state index in [4.69, 9.17) is 9.72 Å². The van der Waals surface area contributed by atoms with Gasteiger partial charge in [0.25, 0.3) is 0 Å². The van der Waals surface area contributed by atoms with Crippen LogP contribution in [0.5, 0.6) is 5.75 Å². The quantitative estimate of drug-likeness (QED) is 0.802. The fourth-order valence-corrected chi connectivity index (χ4v) is 2.91. The lowest BCUT2D eigenvalue weighted by Gasteiger charge is -2.13. The Balaban J connectivity index is 1.98. The average molecular weight is 395 g/mol. The first-order chi connectivity index (χ1) is 10.2. The van der Waals surface area contributed by atoms with Crippen molar-refractivity contribution in [3.63, 3.8) is 0 Å². The summed E-state index contributed by atoms with van der Waals surface area (Å²) in [6.45, 7) is 5.72. The highest BCUT2D eigenvalue weighted by Crippen LogP contribution is 2.37. The zero-order valence-corrected chi connectivity index (χ0v) is 14.3. The van der Waals surface area contributed by atoms with Crippen LogP contribution in [0.1, 0.15) is 36.3 Å². The van der Waals surface area contributed by atoms with Crippen molar-refractivity contribution in [1.29, 1.82) is 0 Å². The summed E-state index contributed by atoms with van der Waals surface area (Å²) in [4.78, 5) is 9.43. The first-order valence-corrected chi connectivity index (χ1v) is 8.28. The SMILES string of the molecule is CCCNc1nc(C2COc3ccccc32)nc(C)c1I. The second-order valence-electron chi connectivity index (χ2n) is 5.16. The van der Waals surface area contributed by atoms with Crippen LogP contribution in [-0.4, -0.2) is 23.1 Å². The van der Waals surface area contributed by atoms with Gasteiger partial charge >= 0.3 is 0 Å². The standard InChI is InChI=1S/C16H18IN3O/c1-3-8-18-16-14(17)10(2)19-15(20-16)12-9-21-13-7-5-4-6-11(12)13/h4-7,12H,3,8-9H2,1-2H3,(H,18,19,20). The number of benzene rings is 1. The van der Waals surface area contributed by atoms with Crippen molar-refractivity contribution < 1.29 is 4.74 Å². The Bertz CT molecular complexity index is 660. The summed E-state index contributed by atoms with van der Waals surface area (Å²) in [6, 6.07) is 8.14. The maximum absolute atomic E-state index is 5.75. The van der Waals surface area contributed by atoms with Crippen LogP contribution >= 0.6 is 22.6 Å². The van der Waals surface area contributed by atoms with Crippen molar-refractivity contribution in [1.82, 2.24) is 9.97 Å². The number of rotatable bonds is 4. The number of hydrogen-bond donors (Lipinski definition) is 1. The Morgan fingerprint density at radius 3 is 2.95 bits per heavy atom. The number of halogens is 1. The monoisotopic (exact) mass is 395 g/mol. The minimum atomic E-state index is 0.124. The minimum absolute atomic E-state index is 0.124. The zero-order chi connectivity index (χ0) is 14.8. The predicted octanol–water partition coefficient (Wildman–Crippen LogP) is 3.74. The molecule has 1 aliphatic rings. The number of anilines is 1. The maximum atomic E-state index is 5.75. The van der Waals surface area contributed by atoms with Crippen molar-refractivity contribution in [2.24, 2.45) is 0 Å². The Hall–Kier alpha value is -1.37. The molecule has 1 aromatic carbocycles. The van der Waals surface area contributed by atoms with Gasteiger partial charge in [-0.3, -0.25) is 0 Å². The van der Waals surface area contributed by atoms with E-state index in [1.54, 1.807) is 0 Å². The van der Waals surface area contributed by atoms with Gasteiger partial charge in [-0.15, -0.1) is 0 Å². The van der Waals surface area contributed by atoms with E-state index in [-0.39, 0.29) is 5.92 Å². The molecule has 2 aromatic rings. The summed E-state index contributed by atoms with van der Waals surface area (Å²) in [5.41, 5.74) is 2.20.